The van der Waals surface area contributed by atoms with Crippen molar-refractivity contribution < 1.29 is 4.79 Å². The van der Waals surface area contributed by atoms with Gasteiger partial charge in [0.05, 0.1) is 18.3 Å². The molecule has 0 N–H and O–H groups in total. The number of anilines is 1. The number of nitrogens with zero attached hydrogens (tertiary/aromatic N) is 3. The van der Waals surface area contributed by atoms with E-state index in [0.29, 0.717) is 6.42 Å². The molecule has 0 aliphatic carbocycles. The van der Waals surface area contributed by atoms with Crippen LogP contribution in [0.3, 0.4) is 0 Å². The highest BCUT2D eigenvalue weighted by atomic mass is 16.2. The molecule has 2 heterocycles. The average Bonchev–Trinajstić information content (AvgIpc) is 3.10. The molecule has 0 fully saturated rings. The monoisotopic (exact) mass is 331 g/mol. The summed E-state index contributed by atoms with van der Waals surface area (Å²) in [5.41, 5.74) is 4.25. The van der Waals surface area contributed by atoms with Gasteiger partial charge in [0.25, 0.3) is 0 Å². The number of fused-ring (bicyclic) bond motifs is 1. The molecular weight excluding hydrogens is 310 g/mol. The SMILES string of the molecule is CC1CCc2ccccc2N1C(=O)Cc1cnn(-c2ccccc2)c1. The summed E-state index contributed by atoms with van der Waals surface area (Å²) < 4.78 is 1.82. The molecule has 1 atom stereocenters. The standard InChI is InChI=1S/C21H21N3O/c1-16-11-12-18-7-5-6-10-20(18)24(16)21(25)13-17-14-22-23(15-17)19-8-3-2-4-9-19/h2-10,14-16H,11-13H2,1H3. The summed E-state index contributed by atoms with van der Waals surface area (Å²) in [5.74, 6) is 0.132. The highest BCUT2D eigenvalue weighted by Crippen LogP contribution is 2.31. The number of rotatable bonds is 3. The first-order valence-corrected chi connectivity index (χ1v) is 8.71. The fourth-order valence-electron chi connectivity index (χ4n) is 3.50. The van der Waals surface area contributed by atoms with Crippen molar-refractivity contribution in [3.63, 3.8) is 0 Å². The number of hydrogen-bond acceptors (Lipinski definition) is 2. The van der Waals surface area contributed by atoms with Gasteiger partial charge in [0.2, 0.25) is 5.91 Å². The summed E-state index contributed by atoms with van der Waals surface area (Å²) in [6, 6.07) is 18.4. The number of amides is 1. The van der Waals surface area contributed by atoms with Crippen LogP contribution < -0.4 is 4.90 Å². The van der Waals surface area contributed by atoms with Crippen LogP contribution in [0.5, 0.6) is 0 Å². The number of aromatic nitrogens is 2. The van der Waals surface area contributed by atoms with Gasteiger partial charge in [-0.2, -0.15) is 5.10 Å². The van der Waals surface area contributed by atoms with E-state index in [0.717, 1.165) is 29.8 Å². The molecule has 1 amide bonds. The Labute approximate surface area is 147 Å². The predicted molar refractivity (Wildman–Crippen MR) is 99.0 cm³/mol. The molecule has 25 heavy (non-hydrogen) atoms. The molecular formula is C21H21N3O. The lowest BCUT2D eigenvalue weighted by Crippen LogP contribution is -2.42. The first kappa shape index (κ1) is 15.6. The van der Waals surface area contributed by atoms with Gasteiger partial charge in [-0.1, -0.05) is 36.4 Å². The van der Waals surface area contributed by atoms with Crippen LogP contribution in [0.15, 0.2) is 67.0 Å². The van der Waals surface area contributed by atoms with Crippen LogP contribution in [0.25, 0.3) is 5.69 Å². The normalized spacial score (nSPS) is 16.5. The highest BCUT2D eigenvalue weighted by Gasteiger charge is 2.28. The summed E-state index contributed by atoms with van der Waals surface area (Å²) in [5, 5.41) is 4.39. The maximum absolute atomic E-state index is 13.0. The summed E-state index contributed by atoms with van der Waals surface area (Å²) in [7, 11) is 0. The van der Waals surface area contributed by atoms with E-state index in [1.165, 1.54) is 5.56 Å². The molecule has 4 heteroatoms. The Morgan fingerprint density at radius 3 is 2.72 bits per heavy atom. The van der Waals surface area contributed by atoms with Crippen molar-refractivity contribution in [3.05, 3.63) is 78.1 Å². The van der Waals surface area contributed by atoms with Crippen molar-refractivity contribution >= 4 is 11.6 Å². The topological polar surface area (TPSA) is 38.1 Å². The van der Waals surface area contributed by atoms with Gasteiger partial charge in [-0.05, 0) is 49.1 Å². The van der Waals surface area contributed by atoms with E-state index in [1.54, 1.807) is 6.20 Å². The van der Waals surface area contributed by atoms with Gasteiger partial charge in [0.1, 0.15) is 0 Å². The van der Waals surface area contributed by atoms with E-state index in [-0.39, 0.29) is 11.9 Å². The van der Waals surface area contributed by atoms with Crippen LogP contribution in [-0.2, 0) is 17.6 Å². The third-order valence-corrected chi connectivity index (χ3v) is 4.80. The first-order chi connectivity index (χ1) is 12.2. The quantitative estimate of drug-likeness (QED) is 0.732. The second-order valence-electron chi connectivity index (χ2n) is 6.59. The highest BCUT2D eigenvalue weighted by molar-refractivity contribution is 5.96. The van der Waals surface area contributed by atoms with Gasteiger partial charge in [0, 0.05) is 17.9 Å². The minimum Gasteiger partial charge on any atom is -0.309 e. The number of carbonyl (C=O) groups excluding carboxylic acids is 1. The van der Waals surface area contributed by atoms with E-state index < -0.39 is 0 Å². The lowest BCUT2D eigenvalue weighted by atomic mass is 9.96. The third kappa shape index (κ3) is 3.07. The van der Waals surface area contributed by atoms with Gasteiger partial charge >= 0.3 is 0 Å². The third-order valence-electron chi connectivity index (χ3n) is 4.80. The molecule has 0 radical (unpaired) electrons. The summed E-state index contributed by atoms with van der Waals surface area (Å²) >= 11 is 0. The van der Waals surface area contributed by atoms with Gasteiger partial charge in [-0.15, -0.1) is 0 Å². The lowest BCUT2D eigenvalue weighted by Gasteiger charge is -2.35. The van der Waals surface area contributed by atoms with Gasteiger partial charge < -0.3 is 4.90 Å². The molecule has 4 rings (SSSR count). The molecule has 1 aromatic heterocycles. The zero-order valence-electron chi connectivity index (χ0n) is 14.3. The smallest absolute Gasteiger partial charge is 0.231 e. The Kier molecular flexibility index (Phi) is 4.10. The minimum absolute atomic E-state index is 0.132. The zero-order chi connectivity index (χ0) is 17.2. The van der Waals surface area contributed by atoms with E-state index in [1.807, 2.05) is 58.2 Å². The number of aryl methyl sites for hydroxylation is 1. The lowest BCUT2D eigenvalue weighted by molar-refractivity contribution is -0.118. The molecule has 0 bridgehead atoms. The molecule has 4 nitrogen and oxygen atoms in total. The van der Waals surface area contributed by atoms with Crippen LogP contribution in [0.1, 0.15) is 24.5 Å². The second-order valence-corrected chi connectivity index (χ2v) is 6.59. The van der Waals surface area contributed by atoms with E-state index in [4.69, 9.17) is 0 Å². The van der Waals surface area contributed by atoms with Crippen LogP contribution in [0, 0.1) is 0 Å². The number of benzene rings is 2. The molecule has 126 valence electrons. The Balaban J connectivity index is 1.56. The molecule has 1 aliphatic heterocycles. The van der Waals surface area contributed by atoms with Crippen molar-refractivity contribution in [1.82, 2.24) is 9.78 Å². The Morgan fingerprint density at radius 1 is 1.12 bits per heavy atom. The minimum atomic E-state index is 0.132. The Hall–Kier alpha value is -2.88. The second kappa shape index (κ2) is 6.55. The molecule has 0 saturated carbocycles. The molecule has 1 unspecified atom stereocenters. The van der Waals surface area contributed by atoms with Crippen LogP contribution in [-0.4, -0.2) is 21.7 Å². The first-order valence-electron chi connectivity index (χ1n) is 8.71. The summed E-state index contributed by atoms with van der Waals surface area (Å²) in [6.07, 6.45) is 6.13. The largest absolute Gasteiger partial charge is 0.309 e. The number of para-hydroxylation sites is 2. The van der Waals surface area contributed by atoms with Crippen LogP contribution in [0.2, 0.25) is 0 Å². The maximum atomic E-state index is 13.0. The average molecular weight is 331 g/mol. The van der Waals surface area contributed by atoms with Crippen molar-refractivity contribution in [3.8, 4) is 5.69 Å². The zero-order valence-corrected chi connectivity index (χ0v) is 14.3. The van der Waals surface area contributed by atoms with E-state index in [9.17, 15) is 4.79 Å². The molecule has 2 aromatic carbocycles. The Morgan fingerprint density at radius 2 is 1.88 bits per heavy atom. The number of hydrogen-bond donors (Lipinski definition) is 0. The molecule has 1 aliphatic rings. The van der Waals surface area contributed by atoms with Gasteiger partial charge in [-0.3, -0.25) is 4.79 Å². The van der Waals surface area contributed by atoms with E-state index >= 15 is 0 Å². The van der Waals surface area contributed by atoms with Crippen molar-refractivity contribution in [2.24, 2.45) is 0 Å². The Bertz CT molecular complexity index is 885. The molecule has 0 saturated heterocycles. The van der Waals surface area contributed by atoms with Gasteiger partial charge in [0.15, 0.2) is 0 Å². The van der Waals surface area contributed by atoms with Gasteiger partial charge in [-0.25, -0.2) is 4.68 Å². The van der Waals surface area contributed by atoms with Crippen LogP contribution in [0.4, 0.5) is 5.69 Å². The fourth-order valence-corrected chi connectivity index (χ4v) is 3.50. The van der Waals surface area contributed by atoms with Crippen molar-refractivity contribution in [1.29, 1.82) is 0 Å². The van der Waals surface area contributed by atoms with E-state index in [2.05, 4.69) is 24.2 Å². The number of carbonyl (C=O) groups is 1. The van der Waals surface area contributed by atoms with Crippen molar-refractivity contribution in [2.45, 2.75) is 32.2 Å². The maximum Gasteiger partial charge on any atom is 0.231 e. The summed E-state index contributed by atoms with van der Waals surface area (Å²) in [4.78, 5) is 14.9. The molecule has 3 aromatic rings. The predicted octanol–water partition coefficient (Wildman–Crippen LogP) is 3.78. The van der Waals surface area contributed by atoms with Crippen molar-refractivity contribution in [2.75, 3.05) is 4.90 Å². The summed E-state index contributed by atoms with van der Waals surface area (Å²) in [6.45, 7) is 2.13. The molecule has 0 spiro atoms. The fraction of sp³-hybridized carbons (Fsp3) is 0.238. The van der Waals surface area contributed by atoms with Crippen LogP contribution >= 0.6 is 0 Å².